The Bertz CT molecular complexity index is 1190. The molecule has 0 saturated heterocycles. The van der Waals surface area contributed by atoms with Crippen LogP contribution in [0.4, 0.5) is 4.39 Å². The highest BCUT2D eigenvalue weighted by Gasteiger charge is 2.24. The molecule has 2 aromatic heterocycles. The number of carboxylic acid groups (broad SMARTS) is 1. The molecule has 0 fully saturated rings. The molecule has 0 aliphatic heterocycles. The van der Waals surface area contributed by atoms with Crippen LogP contribution in [0, 0.1) is 5.92 Å². The number of hydrogen-bond donors (Lipinski definition) is 4. The van der Waals surface area contributed by atoms with Crippen molar-refractivity contribution in [1.82, 2.24) is 20.0 Å². The van der Waals surface area contributed by atoms with Crippen molar-refractivity contribution in [2.75, 3.05) is 27.2 Å². The zero-order chi connectivity index (χ0) is 25.5. The molecule has 3 rings (SSSR count). The molecular weight excluding hydrogens is 449 g/mol. The molecule has 1 unspecified atom stereocenters. The van der Waals surface area contributed by atoms with E-state index < -0.39 is 17.8 Å². The molecule has 35 heavy (non-hydrogen) atoms. The van der Waals surface area contributed by atoms with E-state index in [4.69, 9.17) is 10.5 Å². The number of allylic oxidation sites excluding steroid dienone is 6. The molecular formula is C26H34FN5O3. The van der Waals surface area contributed by atoms with E-state index in [1.165, 1.54) is 12.2 Å². The van der Waals surface area contributed by atoms with Gasteiger partial charge in [0.25, 0.3) is 0 Å². The van der Waals surface area contributed by atoms with E-state index in [9.17, 15) is 14.3 Å². The van der Waals surface area contributed by atoms with Crippen LogP contribution in [-0.2, 0) is 16.0 Å². The first-order chi connectivity index (χ1) is 16.8. The summed E-state index contributed by atoms with van der Waals surface area (Å²) in [7, 11) is 3.35. The number of likely N-dealkylation sites (N-methyl/N-ethyl adjacent to an activating group) is 1. The van der Waals surface area contributed by atoms with Crippen LogP contribution in [0.15, 0.2) is 65.6 Å². The number of pyridine rings is 1. The minimum Gasteiger partial charge on any atom is -0.497 e. The summed E-state index contributed by atoms with van der Waals surface area (Å²) >= 11 is 0. The number of aromatic nitrogens is 2. The average Bonchev–Trinajstić information content (AvgIpc) is 3.17. The van der Waals surface area contributed by atoms with Crippen molar-refractivity contribution >= 4 is 17.2 Å². The van der Waals surface area contributed by atoms with Crippen molar-refractivity contribution in [3.8, 4) is 0 Å². The van der Waals surface area contributed by atoms with Crippen LogP contribution in [0.5, 0.6) is 0 Å². The Kier molecular flexibility index (Phi) is 8.84. The number of carboxylic acids is 1. The van der Waals surface area contributed by atoms with Crippen LogP contribution in [0.25, 0.3) is 11.2 Å². The van der Waals surface area contributed by atoms with E-state index in [2.05, 4.69) is 15.6 Å². The Labute approximate surface area is 205 Å². The van der Waals surface area contributed by atoms with Gasteiger partial charge in [-0.2, -0.15) is 0 Å². The Hall–Kier alpha value is -3.43. The second-order valence-corrected chi connectivity index (χ2v) is 8.43. The number of rotatable bonds is 11. The van der Waals surface area contributed by atoms with Crippen molar-refractivity contribution in [1.29, 1.82) is 0 Å². The van der Waals surface area contributed by atoms with Gasteiger partial charge in [0.2, 0.25) is 0 Å². The number of imidazole rings is 1. The highest BCUT2D eigenvalue weighted by atomic mass is 19.1. The van der Waals surface area contributed by atoms with E-state index in [0.717, 1.165) is 28.2 Å². The Morgan fingerprint density at radius 1 is 1.34 bits per heavy atom. The minimum absolute atomic E-state index is 0.206. The third kappa shape index (κ3) is 5.98. The molecule has 0 bridgehead atoms. The molecule has 1 aliphatic carbocycles. The van der Waals surface area contributed by atoms with Crippen LogP contribution in [0.3, 0.4) is 0 Å². The summed E-state index contributed by atoms with van der Waals surface area (Å²) in [5.74, 6) is -1.12. The van der Waals surface area contributed by atoms with Crippen molar-refractivity contribution in [3.05, 3.63) is 76.9 Å². The van der Waals surface area contributed by atoms with Crippen molar-refractivity contribution < 1.29 is 19.0 Å². The summed E-state index contributed by atoms with van der Waals surface area (Å²) in [5.41, 5.74) is 10.8. The van der Waals surface area contributed by atoms with Gasteiger partial charge >= 0.3 is 5.97 Å². The molecule has 1 aliphatic rings. The largest absolute Gasteiger partial charge is 0.497 e. The molecule has 9 heteroatoms. The fourth-order valence-corrected chi connectivity index (χ4v) is 4.26. The average molecular weight is 484 g/mol. The molecule has 0 saturated carbocycles. The predicted molar refractivity (Wildman–Crippen MR) is 135 cm³/mol. The van der Waals surface area contributed by atoms with Gasteiger partial charge in [0, 0.05) is 55.7 Å². The predicted octanol–water partition coefficient (Wildman–Crippen LogP) is 3.18. The summed E-state index contributed by atoms with van der Waals surface area (Å²) in [6.45, 7) is 4.51. The Balaban J connectivity index is 1.83. The molecule has 0 radical (unpaired) electrons. The number of aliphatic carboxylic acids is 1. The third-order valence-corrected chi connectivity index (χ3v) is 6.29. The molecule has 8 nitrogen and oxygen atoms in total. The quantitative estimate of drug-likeness (QED) is 0.388. The first kappa shape index (κ1) is 26.2. The lowest BCUT2D eigenvalue weighted by molar-refractivity contribution is -0.138. The number of nitrogens with one attached hydrogen (secondary N) is 2. The third-order valence-electron chi connectivity index (χ3n) is 6.29. The van der Waals surface area contributed by atoms with Crippen LogP contribution >= 0.6 is 0 Å². The molecule has 5 N–H and O–H groups in total. The van der Waals surface area contributed by atoms with Crippen molar-refractivity contribution in [2.24, 2.45) is 11.7 Å². The second kappa shape index (κ2) is 11.8. The van der Waals surface area contributed by atoms with Gasteiger partial charge in [0.05, 0.1) is 6.61 Å². The van der Waals surface area contributed by atoms with Crippen molar-refractivity contribution in [3.63, 3.8) is 0 Å². The first-order valence-electron chi connectivity index (χ1n) is 11.7. The maximum absolute atomic E-state index is 14.5. The molecule has 188 valence electrons. The Morgan fingerprint density at radius 2 is 2.11 bits per heavy atom. The van der Waals surface area contributed by atoms with Gasteiger partial charge in [-0.05, 0) is 55.4 Å². The summed E-state index contributed by atoms with van der Waals surface area (Å²) in [6.07, 6.45) is 9.47. The zero-order valence-electron chi connectivity index (χ0n) is 20.6. The molecule has 2 atom stereocenters. The molecule has 0 spiro atoms. The molecule has 2 heterocycles. The van der Waals surface area contributed by atoms with Gasteiger partial charge in [-0.25, -0.2) is 9.37 Å². The summed E-state index contributed by atoms with van der Waals surface area (Å²) in [5, 5.41) is 15.4. The molecule has 2 aromatic rings. The maximum atomic E-state index is 14.5. The summed E-state index contributed by atoms with van der Waals surface area (Å²) in [4.78, 5) is 16.1. The maximum Gasteiger partial charge on any atom is 0.325 e. The number of nitrogens with two attached hydrogens (primary N) is 1. The zero-order valence-corrected chi connectivity index (χ0v) is 20.6. The van der Waals surface area contributed by atoms with Crippen molar-refractivity contribution in [2.45, 2.75) is 32.7 Å². The monoisotopic (exact) mass is 483 g/mol. The van der Waals surface area contributed by atoms with E-state index >= 15 is 0 Å². The SMILES string of the molecule is CN/C(C)=C(/CCOC1=CC(F)=CC=C(c2ccc3ncc(CCN)n3c2)[C@H]1C)C(NC)C(=O)O. The van der Waals surface area contributed by atoms with Gasteiger partial charge < -0.3 is 30.6 Å². The summed E-state index contributed by atoms with van der Waals surface area (Å²) in [6, 6.07) is 3.05. The van der Waals surface area contributed by atoms with E-state index in [1.807, 2.05) is 42.8 Å². The van der Waals surface area contributed by atoms with Crippen LogP contribution < -0.4 is 16.4 Å². The summed E-state index contributed by atoms with van der Waals surface area (Å²) < 4.78 is 22.6. The van der Waals surface area contributed by atoms with Gasteiger partial charge in [-0.1, -0.05) is 13.0 Å². The number of fused-ring (bicyclic) bond motifs is 1. The van der Waals surface area contributed by atoms with Gasteiger partial charge in [-0.3, -0.25) is 4.79 Å². The second-order valence-electron chi connectivity index (χ2n) is 8.43. The number of ether oxygens (including phenoxy) is 1. The fraction of sp³-hybridized carbons (Fsp3) is 0.385. The molecule has 0 amide bonds. The van der Waals surface area contributed by atoms with E-state index in [-0.39, 0.29) is 12.5 Å². The highest BCUT2D eigenvalue weighted by molar-refractivity contribution is 5.77. The smallest absolute Gasteiger partial charge is 0.325 e. The normalized spacial score (nSPS) is 17.7. The Morgan fingerprint density at radius 3 is 2.77 bits per heavy atom. The number of carbonyl (C=O) groups is 1. The van der Waals surface area contributed by atoms with Gasteiger partial charge in [-0.15, -0.1) is 0 Å². The van der Waals surface area contributed by atoms with Gasteiger partial charge in [0.15, 0.2) is 0 Å². The number of hydrogen-bond acceptors (Lipinski definition) is 6. The van der Waals surface area contributed by atoms with Crippen LogP contribution in [0.1, 0.15) is 31.5 Å². The minimum atomic E-state index is -0.970. The lowest BCUT2D eigenvalue weighted by Crippen LogP contribution is -2.37. The van der Waals surface area contributed by atoms with Gasteiger partial charge in [0.1, 0.15) is 23.3 Å². The molecule has 0 aromatic carbocycles. The number of nitrogens with zero attached hydrogens (tertiary/aromatic N) is 2. The van der Waals surface area contributed by atoms with E-state index in [0.29, 0.717) is 30.7 Å². The first-order valence-corrected chi connectivity index (χ1v) is 11.7. The lowest BCUT2D eigenvalue weighted by Gasteiger charge is -2.22. The lowest BCUT2D eigenvalue weighted by atomic mass is 9.93. The highest BCUT2D eigenvalue weighted by Crippen LogP contribution is 2.33. The standard InChI is InChI=1S/C26H34FN5O3/c1-16-21(18-5-8-24-31-14-20(9-11-28)32(24)15-18)7-6-19(27)13-23(16)35-12-10-22(17(2)29-3)25(30-4)26(33)34/h5-8,13-16,25,29-30H,9-12,28H2,1-4H3,(H,33,34)/b22-17-/t16-,25?/m1/s1. The van der Waals surface area contributed by atoms with Crippen LogP contribution in [0.2, 0.25) is 0 Å². The van der Waals surface area contributed by atoms with E-state index in [1.54, 1.807) is 20.2 Å². The topological polar surface area (TPSA) is 114 Å². The van der Waals surface area contributed by atoms with Crippen LogP contribution in [-0.4, -0.2) is 53.7 Å². The fourth-order valence-electron chi connectivity index (χ4n) is 4.26. The number of halogens is 1.